The fraction of sp³-hybridized carbons (Fsp3) is 0.333. The summed E-state index contributed by atoms with van der Waals surface area (Å²) in [6.45, 7) is 0.281. The van der Waals surface area contributed by atoms with Crippen molar-refractivity contribution in [3.63, 3.8) is 0 Å². The molecule has 1 aliphatic rings. The molecule has 0 radical (unpaired) electrons. The van der Waals surface area contributed by atoms with Crippen LogP contribution in [-0.4, -0.2) is 28.3 Å². The van der Waals surface area contributed by atoms with Crippen molar-refractivity contribution in [3.8, 4) is 11.5 Å². The van der Waals surface area contributed by atoms with E-state index in [-0.39, 0.29) is 12.4 Å². The molecule has 5 nitrogen and oxygen atoms in total. The number of fused-ring (bicyclic) bond motifs is 1. The van der Waals surface area contributed by atoms with E-state index in [0.717, 1.165) is 5.56 Å². The summed E-state index contributed by atoms with van der Waals surface area (Å²) < 4.78 is 13.0. The zero-order chi connectivity index (χ0) is 13.9. The summed E-state index contributed by atoms with van der Waals surface area (Å²) in [4.78, 5) is 12.2. The van der Waals surface area contributed by atoms with Crippen molar-refractivity contribution in [1.82, 2.24) is 9.78 Å². The second-order valence-electron chi connectivity index (χ2n) is 4.85. The average Bonchev–Trinajstić information content (AvgIpc) is 2.90. The van der Waals surface area contributed by atoms with Crippen LogP contribution in [0.1, 0.15) is 12.0 Å². The highest BCUT2D eigenvalue weighted by molar-refractivity contribution is 5.84. The molecule has 1 aromatic carbocycles. The van der Waals surface area contributed by atoms with Crippen LogP contribution in [0.4, 0.5) is 0 Å². The maximum absolute atomic E-state index is 12.2. The van der Waals surface area contributed by atoms with Gasteiger partial charge >= 0.3 is 0 Å². The normalized spacial score (nSPS) is 16.9. The smallest absolute Gasteiger partial charge is 0.190 e. The van der Waals surface area contributed by atoms with Crippen molar-refractivity contribution >= 4 is 5.78 Å². The van der Waals surface area contributed by atoms with E-state index in [1.165, 1.54) is 0 Å². The third kappa shape index (κ3) is 2.66. The standard InChI is InChI=1S/C15H16N2O3/c1-17-9-11(8-16-17)6-7-12(18)15-10-19-13-4-2-3-5-14(13)20-15/h2-5,8-9,15H,6-7,10H2,1H3. The number of ketones is 1. The summed E-state index contributed by atoms with van der Waals surface area (Å²) in [6.07, 6.45) is 4.29. The minimum Gasteiger partial charge on any atom is -0.485 e. The summed E-state index contributed by atoms with van der Waals surface area (Å²) in [5.41, 5.74) is 1.05. The summed E-state index contributed by atoms with van der Waals surface area (Å²) in [5, 5.41) is 4.09. The van der Waals surface area contributed by atoms with Gasteiger partial charge in [0.05, 0.1) is 6.20 Å². The number of aromatic nitrogens is 2. The molecule has 1 unspecified atom stereocenters. The van der Waals surface area contributed by atoms with E-state index in [2.05, 4.69) is 5.10 Å². The van der Waals surface area contributed by atoms with Gasteiger partial charge in [0.2, 0.25) is 0 Å². The molecule has 0 fully saturated rings. The molecule has 1 aromatic heterocycles. The second-order valence-corrected chi connectivity index (χ2v) is 4.85. The predicted octanol–water partition coefficient (Wildman–Crippen LogP) is 1.76. The molecule has 0 bridgehead atoms. The molecule has 0 spiro atoms. The molecule has 1 atom stereocenters. The highest BCUT2D eigenvalue weighted by Crippen LogP contribution is 2.31. The number of aryl methyl sites for hydroxylation is 2. The quantitative estimate of drug-likeness (QED) is 0.851. The molecule has 2 aromatic rings. The molecule has 20 heavy (non-hydrogen) atoms. The van der Waals surface area contributed by atoms with Gasteiger partial charge < -0.3 is 9.47 Å². The first-order valence-electron chi connectivity index (χ1n) is 6.61. The van der Waals surface area contributed by atoms with Crippen LogP contribution >= 0.6 is 0 Å². The Bertz CT molecular complexity index is 621. The minimum absolute atomic E-state index is 0.0587. The number of ether oxygens (including phenoxy) is 2. The monoisotopic (exact) mass is 272 g/mol. The van der Waals surface area contributed by atoms with Gasteiger partial charge in [-0.15, -0.1) is 0 Å². The molecule has 2 heterocycles. The average molecular weight is 272 g/mol. The van der Waals surface area contributed by atoms with Crippen LogP contribution in [0.25, 0.3) is 0 Å². The number of benzene rings is 1. The Balaban J connectivity index is 1.59. The maximum atomic E-state index is 12.2. The molecule has 0 aliphatic carbocycles. The first-order chi connectivity index (χ1) is 9.72. The fourth-order valence-electron chi connectivity index (χ4n) is 2.21. The largest absolute Gasteiger partial charge is 0.485 e. The number of carbonyl (C=O) groups is 1. The molecular weight excluding hydrogens is 256 g/mol. The third-order valence-electron chi connectivity index (χ3n) is 3.29. The Kier molecular flexibility index (Phi) is 3.41. The maximum Gasteiger partial charge on any atom is 0.190 e. The van der Waals surface area contributed by atoms with E-state index in [9.17, 15) is 4.79 Å². The van der Waals surface area contributed by atoms with Gasteiger partial charge in [0.1, 0.15) is 6.61 Å². The molecule has 0 saturated carbocycles. The molecule has 0 amide bonds. The van der Waals surface area contributed by atoms with Crippen LogP contribution in [0.2, 0.25) is 0 Å². The fourth-order valence-corrected chi connectivity index (χ4v) is 2.21. The lowest BCUT2D eigenvalue weighted by Crippen LogP contribution is -2.36. The van der Waals surface area contributed by atoms with Gasteiger partial charge in [-0.3, -0.25) is 9.48 Å². The van der Waals surface area contributed by atoms with Crippen molar-refractivity contribution in [2.45, 2.75) is 18.9 Å². The van der Waals surface area contributed by atoms with Crippen LogP contribution in [0.15, 0.2) is 36.7 Å². The van der Waals surface area contributed by atoms with Crippen molar-refractivity contribution in [2.75, 3.05) is 6.61 Å². The predicted molar refractivity (Wildman–Crippen MR) is 72.9 cm³/mol. The number of hydrogen-bond donors (Lipinski definition) is 0. The Hall–Kier alpha value is -2.30. The van der Waals surface area contributed by atoms with Gasteiger partial charge in [0, 0.05) is 19.7 Å². The van der Waals surface area contributed by atoms with Gasteiger partial charge in [0.15, 0.2) is 23.4 Å². The lowest BCUT2D eigenvalue weighted by Gasteiger charge is -2.25. The number of rotatable bonds is 4. The topological polar surface area (TPSA) is 53.4 Å². The summed E-state index contributed by atoms with van der Waals surface area (Å²) in [6, 6.07) is 7.40. The summed E-state index contributed by atoms with van der Waals surface area (Å²) >= 11 is 0. The SMILES string of the molecule is Cn1cc(CCC(=O)C2COc3ccccc3O2)cn1. The van der Waals surface area contributed by atoms with Crippen molar-refractivity contribution in [1.29, 1.82) is 0 Å². The van der Waals surface area contributed by atoms with E-state index >= 15 is 0 Å². The number of Topliss-reactive ketones (excluding diaryl/α,β-unsaturated/α-hetero) is 1. The van der Waals surface area contributed by atoms with E-state index < -0.39 is 6.10 Å². The summed E-state index contributed by atoms with van der Waals surface area (Å²) in [5.74, 6) is 1.39. The first kappa shape index (κ1) is 12.7. The second kappa shape index (κ2) is 5.36. The van der Waals surface area contributed by atoms with Crippen LogP contribution in [0, 0.1) is 0 Å². The number of nitrogens with zero attached hydrogens (tertiary/aromatic N) is 2. The molecule has 1 aliphatic heterocycles. The zero-order valence-corrected chi connectivity index (χ0v) is 11.3. The molecule has 3 rings (SSSR count). The van der Waals surface area contributed by atoms with E-state index in [1.54, 1.807) is 10.9 Å². The molecular formula is C15H16N2O3. The van der Waals surface area contributed by atoms with E-state index in [4.69, 9.17) is 9.47 Å². The Morgan fingerprint density at radius 2 is 2.20 bits per heavy atom. The Labute approximate surface area is 117 Å². The highest BCUT2D eigenvalue weighted by atomic mass is 16.6. The van der Waals surface area contributed by atoms with Gasteiger partial charge in [-0.05, 0) is 24.1 Å². The van der Waals surface area contributed by atoms with E-state index in [1.807, 2.05) is 37.5 Å². The number of hydrogen-bond acceptors (Lipinski definition) is 4. The lowest BCUT2D eigenvalue weighted by atomic mass is 10.1. The minimum atomic E-state index is -0.512. The van der Waals surface area contributed by atoms with Crippen LogP contribution < -0.4 is 9.47 Å². The van der Waals surface area contributed by atoms with Gasteiger partial charge in [-0.25, -0.2) is 0 Å². The highest BCUT2D eigenvalue weighted by Gasteiger charge is 2.26. The molecule has 0 N–H and O–H groups in total. The van der Waals surface area contributed by atoms with Crippen LogP contribution in [0.5, 0.6) is 11.5 Å². The molecule has 5 heteroatoms. The first-order valence-corrected chi connectivity index (χ1v) is 6.61. The molecule has 104 valence electrons. The molecule has 0 saturated heterocycles. The van der Waals surface area contributed by atoms with Gasteiger partial charge in [-0.2, -0.15) is 5.10 Å². The zero-order valence-electron chi connectivity index (χ0n) is 11.3. The Morgan fingerprint density at radius 3 is 2.95 bits per heavy atom. The van der Waals surface area contributed by atoms with Crippen LogP contribution in [-0.2, 0) is 18.3 Å². The number of carbonyl (C=O) groups excluding carboxylic acids is 1. The summed E-state index contributed by atoms with van der Waals surface area (Å²) in [7, 11) is 1.86. The third-order valence-corrected chi connectivity index (χ3v) is 3.29. The van der Waals surface area contributed by atoms with Gasteiger partial charge in [0.25, 0.3) is 0 Å². The Morgan fingerprint density at radius 1 is 1.40 bits per heavy atom. The van der Waals surface area contributed by atoms with Crippen molar-refractivity contribution in [3.05, 3.63) is 42.2 Å². The van der Waals surface area contributed by atoms with Gasteiger partial charge in [-0.1, -0.05) is 12.1 Å². The van der Waals surface area contributed by atoms with E-state index in [0.29, 0.717) is 24.3 Å². The van der Waals surface area contributed by atoms with Crippen molar-refractivity contribution in [2.24, 2.45) is 7.05 Å². The lowest BCUT2D eigenvalue weighted by molar-refractivity contribution is -0.128. The number of para-hydroxylation sites is 2. The van der Waals surface area contributed by atoms with Crippen molar-refractivity contribution < 1.29 is 14.3 Å². The van der Waals surface area contributed by atoms with Crippen LogP contribution in [0.3, 0.4) is 0 Å².